The van der Waals surface area contributed by atoms with Gasteiger partial charge in [0.2, 0.25) is 5.91 Å². The summed E-state index contributed by atoms with van der Waals surface area (Å²) >= 11 is 0. The Balaban J connectivity index is 2.41. The Kier molecular flexibility index (Phi) is 6.18. The van der Waals surface area contributed by atoms with E-state index < -0.39 is 5.97 Å². The number of hydrogen-bond donors (Lipinski definition) is 2. The molecule has 0 bridgehead atoms. The summed E-state index contributed by atoms with van der Waals surface area (Å²) in [6.45, 7) is 5.50. The Bertz CT molecular complexity index is 453. The number of rotatable bonds is 6. The van der Waals surface area contributed by atoms with E-state index >= 15 is 0 Å². The van der Waals surface area contributed by atoms with Crippen LogP contribution in [0.4, 0.5) is 0 Å². The predicted molar refractivity (Wildman–Crippen MR) is 75.0 cm³/mol. The first-order chi connectivity index (χ1) is 9.43. The van der Waals surface area contributed by atoms with E-state index in [-0.39, 0.29) is 30.9 Å². The quantitative estimate of drug-likeness (QED) is 0.611. The molecule has 0 saturated heterocycles. The monoisotopic (exact) mass is 279 g/mol. The molecule has 0 aliphatic rings. The fourth-order valence-corrected chi connectivity index (χ4v) is 1.45. The Morgan fingerprint density at radius 2 is 1.80 bits per heavy atom. The lowest BCUT2D eigenvalue weighted by molar-refractivity contribution is -0.136. The van der Waals surface area contributed by atoms with E-state index in [0.717, 1.165) is 5.56 Å². The van der Waals surface area contributed by atoms with Gasteiger partial charge in [-0.2, -0.15) is 0 Å². The van der Waals surface area contributed by atoms with Gasteiger partial charge in [-0.1, -0.05) is 32.9 Å². The van der Waals surface area contributed by atoms with Gasteiger partial charge in [-0.05, 0) is 23.6 Å². The number of ether oxygens (including phenoxy) is 1. The summed E-state index contributed by atoms with van der Waals surface area (Å²) in [5.41, 5.74) is 0.740. The molecule has 0 spiro atoms. The Labute approximate surface area is 118 Å². The molecule has 2 N–H and O–H groups in total. The molecular weight excluding hydrogens is 258 g/mol. The lowest BCUT2D eigenvalue weighted by atomic mass is 9.97. The molecule has 1 atom stereocenters. The molecule has 0 aromatic heterocycles. The molecule has 1 aromatic rings. The SMILES string of the molecule is CC(C)[C@H](C)C(=O)NCC(=O)Oc1ccc(CO)cc1. The van der Waals surface area contributed by atoms with Crippen LogP contribution in [0.3, 0.4) is 0 Å². The highest BCUT2D eigenvalue weighted by Crippen LogP contribution is 2.12. The Morgan fingerprint density at radius 3 is 2.30 bits per heavy atom. The summed E-state index contributed by atoms with van der Waals surface area (Å²) in [6, 6.07) is 6.54. The maximum absolute atomic E-state index is 11.7. The zero-order chi connectivity index (χ0) is 15.1. The number of esters is 1. The van der Waals surface area contributed by atoms with Gasteiger partial charge < -0.3 is 15.2 Å². The zero-order valence-electron chi connectivity index (χ0n) is 12.1. The van der Waals surface area contributed by atoms with Crippen LogP contribution >= 0.6 is 0 Å². The molecule has 0 saturated carbocycles. The highest BCUT2D eigenvalue weighted by Gasteiger charge is 2.17. The number of carbonyl (C=O) groups is 2. The number of benzene rings is 1. The molecule has 0 fully saturated rings. The lowest BCUT2D eigenvalue weighted by Gasteiger charge is -2.14. The predicted octanol–water partition coefficient (Wildman–Crippen LogP) is 1.49. The van der Waals surface area contributed by atoms with Crippen molar-refractivity contribution in [3.63, 3.8) is 0 Å². The van der Waals surface area contributed by atoms with Crippen LogP contribution in [0.5, 0.6) is 5.75 Å². The Morgan fingerprint density at radius 1 is 1.20 bits per heavy atom. The van der Waals surface area contributed by atoms with E-state index in [1.54, 1.807) is 24.3 Å². The third-order valence-electron chi connectivity index (χ3n) is 3.16. The Hall–Kier alpha value is -1.88. The molecule has 0 unspecified atom stereocenters. The molecule has 1 amide bonds. The van der Waals surface area contributed by atoms with Gasteiger partial charge in [0.05, 0.1) is 6.61 Å². The zero-order valence-corrected chi connectivity index (χ0v) is 12.1. The molecule has 1 rings (SSSR count). The van der Waals surface area contributed by atoms with Crippen molar-refractivity contribution in [2.24, 2.45) is 11.8 Å². The first kappa shape index (κ1) is 16.2. The van der Waals surface area contributed by atoms with Crippen molar-refractivity contribution in [1.29, 1.82) is 0 Å². The molecule has 110 valence electrons. The third-order valence-corrected chi connectivity index (χ3v) is 3.16. The maximum Gasteiger partial charge on any atom is 0.330 e. The molecule has 0 aliphatic carbocycles. The van der Waals surface area contributed by atoms with E-state index in [2.05, 4.69) is 5.32 Å². The molecule has 1 aromatic carbocycles. The van der Waals surface area contributed by atoms with E-state index in [9.17, 15) is 9.59 Å². The van der Waals surface area contributed by atoms with Crippen LogP contribution in [0.2, 0.25) is 0 Å². The highest BCUT2D eigenvalue weighted by molar-refractivity contribution is 5.84. The number of nitrogens with one attached hydrogen (secondary N) is 1. The minimum absolute atomic E-state index is 0.0582. The third kappa shape index (κ3) is 5.01. The van der Waals surface area contributed by atoms with Crippen LogP contribution in [0.1, 0.15) is 26.3 Å². The number of amides is 1. The first-order valence-corrected chi connectivity index (χ1v) is 6.62. The second kappa shape index (κ2) is 7.65. The summed E-state index contributed by atoms with van der Waals surface area (Å²) in [5, 5.41) is 11.5. The van der Waals surface area contributed by atoms with E-state index in [4.69, 9.17) is 9.84 Å². The van der Waals surface area contributed by atoms with Gasteiger partial charge in [0, 0.05) is 5.92 Å². The standard InChI is InChI=1S/C15H21NO4/c1-10(2)11(3)15(19)16-8-14(18)20-13-6-4-12(9-17)5-7-13/h4-7,10-11,17H,8-9H2,1-3H3,(H,16,19)/t11-/m0/s1. The van der Waals surface area contributed by atoms with Crippen molar-refractivity contribution in [3.05, 3.63) is 29.8 Å². The minimum Gasteiger partial charge on any atom is -0.425 e. The molecule has 20 heavy (non-hydrogen) atoms. The van der Waals surface area contributed by atoms with Crippen LogP contribution in [0.15, 0.2) is 24.3 Å². The van der Waals surface area contributed by atoms with Crippen molar-refractivity contribution in [2.75, 3.05) is 6.54 Å². The van der Waals surface area contributed by atoms with Gasteiger partial charge in [-0.15, -0.1) is 0 Å². The average molecular weight is 279 g/mol. The van der Waals surface area contributed by atoms with Gasteiger partial charge in [-0.3, -0.25) is 4.79 Å². The van der Waals surface area contributed by atoms with Crippen LogP contribution in [-0.4, -0.2) is 23.5 Å². The number of carbonyl (C=O) groups excluding carboxylic acids is 2. The van der Waals surface area contributed by atoms with Gasteiger partial charge in [-0.25, -0.2) is 4.79 Å². The molecule has 5 nitrogen and oxygen atoms in total. The van der Waals surface area contributed by atoms with E-state index in [0.29, 0.717) is 5.75 Å². The molecule has 0 aliphatic heterocycles. The van der Waals surface area contributed by atoms with Crippen molar-refractivity contribution in [1.82, 2.24) is 5.32 Å². The number of aliphatic hydroxyl groups is 1. The first-order valence-electron chi connectivity index (χ1n) is 6.62. The maximum atomic E-state index is 11.7. The fourth-order valence-electron chi connectivity index (χ4n) is 1.45. The fraction of sp³-hybridized carbons (Fsp3) is 0.467. The normalized spacial score (nSPS) is 12.1. The second-order valence-electron chi connectivity index (χ2n) is 5.03. The topological polar surface area (TPSA) is 75.6 Å². The van der Waals surface area contributed by atoms with Gasteiger partial charge in [0.25, 0.3) is 0 Å². The molecule has 5 heteroatoms. The summed E-state index contributed by atoms with van der Waals surface area (Å²) in [6.07, 6.45) is 0. The summed E-state index contributed by atoms with van der Waals surface area (Å²) in [4.78, 5) is 23.3. The van der Waals surface area contributed by atoms with Crippen LogP contribution in [-0.2, 0) is 16.2 Å². The average Bonchev–Trinajstić information content (AvgIpc) is 2.44. The van der Waals surface area contributed by atoms with Gasteiger partial charge in [0.15, 0.2) is 0 Å². The van der Waals surface area contributed by atoms with Crippen LogP contribution < -0.4 is 10.1 Å². The molecular formula is C15H21NO4. The summed E-state index contributed by atoms with van der Waals surface area (Å²) < 4.78 is 5.07. The number of hydrogen-bond acceptors (Lipinski definition) is 4. The van der Waals surface area contributed by atoms with Crippen molar-refractivity contribution in [3.8, 4) is 5.75 Å². The lowest BCUT2D eigenvalue weighted by Crippen LogP contribution is -2.36. The molecule has 0 radical (unpaired) electrons. The van der Waals surface area contributed by atoms with Crippen LogP contribution in [0, 0.1) is 11.8 Å². The van der Waals surface area contributed by atoms with Crippen molar-refractivity contribution >= 4 is 11.9 Å². The van der Waals surface area contributed by atoms with E-state index in [1.807, 2.05) is 20.8 Å². The second-order valence-corrected chi connectivity index (χ2v) is 5.03. The van der Waals surface area contributed by atoms with Crippen LogP contribution in [0.25, 0.3) is 0 Å². The minimum atomic E-state index is -0.522. The van der Waals surface area contributed by atoms with Gasteiger partial charge >= 0.3 is 5.97 Å². The smallest absolute Gasteiger partial charge is 0.330 e. The van der Waals surface area contributed by atoms with Gasteiger partial charge in [0.1, 0.15) is 12.3 Å². The van der Waals surface area contributed by atoms with Crippen molar-refractivity contribution < 1.29 is 19.4 Å². The van der Waals surface area contributed by atoms with E-state index in [1.165, 1.54) is 0 Å². The van der Waals surface area contributed by atoms with Crippen molar-refractivity contribution in [2.45, 2.75) is 27.4 Å². The summed E-state index contributed by atoms with van der Waals surface area (Å²) in [7, 11) is 0. The molecule has 0 heterocycles. The number of aliphatic hydroxyl groups excluding tert-OH is 1. The largest absolute Gasteiger partial charge is 0.425 e. The highest BCUT2D eigenvalue weighted by atomic mass is 16.5. The summed E-state index contributed by atoms with van der Waals surface area (Å²) in [5.74, 6) is -0.222.